The predicted octanol–water partition coefficient (Wildman–Crippen LogP) is 2.21. The third kappa shape index (κ3) is 3.29. The van der Waals surface area contributed by atoms with E-state index in [0.29, 0.717) is 11.5 Å². The highest BCUT2D eigenvalue weighted by Gasteiger charge is 2.27. The lowest BCUT2D eigenvalue weighted by molar-refractivity contribution is -0.130. The number of carbonyl (C=O) groups is 1. The molecule has 1 aliphatic heterocycles. The van der Waals surface area contributed by atoms with Gasteiger partial charge in [0, 0.05) is 5.56 Å². The molecule has 0 spiro atoms. The van der Waals surface area contributed by atoms with E-state index in [-0.39, 0.29) is 23.6 Å². The first-order chi connectivity index (χ1) is 11.5. The van der Waals surface area contributed by atoms with Crippen LogP contribution < -0.4 is 14.9 Å². The summed E-state index contributed by atoms with van der Waals surface area (Å²) in [5.74, 6) is -0.0830. The standard InChI is InChI=1S/C17H15FN2O4/c1-10(12-8-11(18)6-7-13(12)21)19-20-17(22)16-9-23-14-4-2-3-5-15(14)24-16/h2-8,16,21H,9H2,1H3,(H,20,22)/b19-10-/t16-/m1/s1. The van der Waals surface area contributed by atoms with Gasteiger partial charge in [0.05, 0.1) is 5.71 Å². The maximum absolute atomic E-state index is 13.2. The minimum atomic E-state index is -0.849. The molecule has 2 N–H and O–H groups in total. The third-order valence-electron chi connectivity index (χ3n) is 3.48. The van der Waals surface area contributed by atoms with Gasteiger partial charge in [-0.25, -0.2) is 9.82 Å². The molecule has 1 atom stereocenters. The number of nitrogens with zero attached hydrogens (tertiary/aromatic N) is 1. The number of rotatable bonds is 3. The maximum atomic E-state index is 13.2. The van der Waals surface area contributed by atoms with Crippen LogP contribution in [0.1, 0.15) is 12.5 Å². The molecule has 124 valence electrons. The minimum absolute atomic E-state index is 0.0582. The Labute approximate surface area is 137 Å². The van der Waals surface area contributed by atoms with Crippen LogP contribution in [0.2, 0.25) is 0 Å². The average molecular weight is 330 g/mol. The summed E-state index contributed by atoms with van der Waals surface area (Å²) in [5, 5.41) is 13.6. The molecular formula is C17H15FN2O4. The first-order valence-corrected chi connectivity index (χ1v) is 7.26. The van der Waals surface area contributed by atoms with Crippen LogP contribution in [0.15, 0.2) is 47.6 Å². The monoisotopic (exact) mass is 330 g/mol. The lowest BCUT2D eigenvalue weighted by Crippen LogP contribution is -2.42. The largest absolute Gasteiger partial charge is 0.507 e. The zero-order valence-electron chi connectivity index (χ0n) is 12.8. The Morgan fingerprint density at radius 3 is 2.83 bits per heavy atom. The number of ether oxygens (including phenoxy) is 2. The van der Waals surface area contributed by atoms with Gasteiger partial charge < -0.3 is 14.6 Å². The van der Waals surface area contributed by atoms with E-state index in [1.165, 1.54) is 6.07 Å². The fraction of sp³-hybridized carbons (Fsp3) is 0.176. The van der Waals surface area contributed by atoms with Crippen LogP contribution in [0.5, 0.6) is 17.2 Å². The van der Waals surface area contributed by atoms with Crippen molar-refractivity contribution in [3.63, 3.8) is 0 Å². The van der Waals surface area contributed by atoms with Crippen LogP contribution in [0.4, 0.5) is 4.39 Å². The summed E-state index contributed by atoms with van der Waals surface area (Å²) >= 11 is 0. The van der Waals surface area contributed by atoms with Crippen molar-refractivity contribution in [1.29, 1.82) is 0 Å². The highest BCUT2D eigenvalue weighted by Crippen LogP contribution is 2.30. The fourth-order valence-electron chi connectivity index (χ4n) is 2.22. The molecule has 0 saturated heterocycles. The zero-order valence-corrected chi connectivity index (χ0v) is 12.8. The number of aromatic hydroxyl groups is 1. The van der Waals surface area contributed by atoms with Gasteiger partial charge in [0.2, 0.25) is 6.10 Å². The number of hydrazone groups is 1. The second-order valence-electron chi connectivity index (χ2n) is 5.20. The third-order valence-corrected chi connectivity index (χ3v) is 3.48. The molecule has 3 rings (SSSR count). The summed E-state index contributed by atoms with van der Waals surface area (Å²) in [6, 6.07) is 10.5. The summed E-state index contributed by atoms with van der Waals surface area (Å²) in [5.41, 5.74) is 2.80. The second kappa shape index (κ2) is 6.57. The van der Waals surface area contributed by atoms with Gasteiger partial charge in [-0.1, -0.05) is 12.1 Å². The van der Waals surface area contributed by atoms with Crippen molar-refractivity contribution < 1.29 is 23.8 Å². The topological polar surface area (TPSA) is 80.2 Å². The van der Waals surface area contributed by atoms with Crippen molar-refractivity contribution in [1.82, 2.24) is 5.43 Å². The first kappa shape index (κ1) is 15.8. The summed E-state index contributed by atoms with van der Waals surface area (Å²) in [4.78, 5) is 12.1. The molecule has 0 unspecified atom stereocenters. The van der Waals surface area contributed by atoms with Crippen molar-refractivity contribution in [3.8, 4) is 17.2 Å². The second-order valence-corrected chi connectivity index (χ2v) is 5.20. The van der Waals surface area contributed by atoms with E-state index in [1.807, 2.05) is 6.07 Å². The summed E-state index contributed by atoms with van der Waals surface area (Å²) in [6.07, 6.45) is -0.849. The van der Waals surface area contributed by atoms with Crippen LogP contribution in [0.25, 0.3) is 0 Å². The van der Waals surface area contributed by atoms with Crippen LogP contribution >= 0.6 is 0 Å². The molecule has 6 nitrogen and oxygen atoms in total. The highest BCUT2D eigenvalue weighted by atomic mass is 19.1. The Morgan fingerprint density at radius 1 is 1.29 bits per heavy atom. The molecule has 1 heterocycles. The molecule has 0 fully saturated rings. The molecule has 0 saturated carbocycles. The van der Waals surface area contributed by atoms with E-state index >= 15 is 0 Å². The number of phenols is 1. The van der Waals surface area contributed by atoms with Crippen molar-refractivity contribution in [3.05, 3.63) is 53.8 Å². The Hall–Kier alpha value is -3.09. The number of halogens is 1. The molecule has 24 heavy (non-hydrogen) atoms. The van der Waals surface area contributed by atoms with E-state index in [4.69, 9.17) is 9.47 Å². The summed E-state index contributed by atoms with van der Waals surface area (Å²) < 4.78 is 24.3. The van der Waals surface area contributed by atoms with Gasteiger partial charge in [-0.05, 0) is 37.3 Å². The van der Waals surface area contributed by atoms with Gasteiger partial charge in [0.25, 0.3) is 5.91 Å². The van der Waals surface area contributed by atoms with Gasteiger partial charge in [-0.15, -0.1) is 0 Å². The molecule has 2 aromatic carbocycles. The van der Waals surface area contributed by atoms with Crippen LogP contribution in [0, 0.1) is 5.82 Å². The lowest BCUT2D eigenvalue weighted by Gasteiger charge is -2.24. The molecule has 2 aromatic rings. The molecule has 0 bridgehead atoms. The Balaban J connectivity index is 1.68. The van der Waals surface area contributed by atoms with Gasteiger partial charge >= 0.3 is 0 Å². The van der Waals surface area contributed by atoms with Gasteiger partial charge in [0.15, 0.2) is 11.5 Å². The maximum Gasteiger partial charge on any atom is 0.284 e. The van der Waals surface area contributed by atoms with E-state index in [0.717, 1.165) is 12.1 Å². The van der Waals surface area contributed by atoms with Crippen LogP contribution in [0.3, 0.4) is 0 Å². The average Bonchev–Trinajstić information content (AvgIpc) is 2.61. The van der Waals surface area contributed by atoms with Crippen molar-refractivity contribution >= 4 is 11.6 Å². The summed E-state index contributed by atoms with van der Waals surface area (Å²) in [7, 11) is 0. The quantitative estimate of drug-likeness (QED) is 0.668. The molecular weight excluding hydrogens is 315 g/mol. The first-order valence-electron chi connectivity index (χ1n) is 7.26. The fourth-order valence-corrected chi connectivity index (χ4v) is 2.22. The van der Waals surface area contributed by atoms with Gasteiger partial charge in [-0.3, -0.25) is 4.79 Å². The van der Waals surface area contributed by atoms with Gasteiger partial charge in [-0.2, -0.15) is 5.10 Å². The van der Waals surface area contributed by atoms with Crippen molar-refractivity contribution in [2.45, 2.75) is 13.0 Å². The molecule has 7 heteroatoms. The number of carbonyl (C=O) groups excluding carboxylic acids is 1. The van der Waals surface area contributed by atoms with Gasteiger partial charge in [0.1, 0.15) is 18.2 Å². The molecule has 0 aromatic heterocycles. The Morgan fingerprint density at radius 2 is 2.04 bits per heavy atom. The van der Waals surface area contributed by atoms with E-state index in [9.17, 15) is 14.3 Å². The molecule has 1 aliphatic rings. The Kier molecular flexibility index (Phi) is 4.33. The van der Waals surface area contributed by atoms with Crippen LogP contribution in [-0.4, -0.2) is 29.4 Å². The smallest absolute Gasteiger partial charge is 0.284 e. The highest BCUT2D eigenvalue weighted by molar-refractivity contribution is 6.01. The van der Waals surface area contributed by atoms with Crippen molar-refractivity contribution in [2.75, 3.05) is 6.61 Å². The number of fused-ring (bicyclic) bond motifs is 1. The predicted molar refractivity (Wildman–Crippen MR) is 84.8 cm³/mol. The number of nitrogens with one attached hydrogen (secondary N) is 1. The number of amides is 1. The lowest BCUT2D eigenvalue weighted by atomic mass is 10.1. The number of hydrogen-bond donors (Lipinski definition) is 2. The number of benzene rings is 2. The van der Waals surface area contributed by atoms with Crippen molar-refractivity contribution in [2.24, 2.45) is 5.10 Å². The molecule has 0 aliphatic carbocycles. The normalized spacial score (nSPS) is 16.6. The summed E-state index contributed by atoms with van der Waals surface area (Å²) in [6.45, 7) is 1.60. The van der Waals surface area contributed by atoms with E-state index < -0.39 is 17.8 Å². The number of hydrogen-bond acceptors (Lipinski definition) is 5. The molecule has 0 radical (unpaired) electrons. The van der Waals surface area contributed by atoms with Crippen LogP contribution in [-0.2, 0) is 4.79 Å². The minimum Gasteiger partial charge on any atom is -0.507 e. The SMILES string of the molecule is C/C(=N/NC(=O)[C@H]1COc2ccccc2O1)c1cc(F)ccc1O. The zero-order chi connectivity index (χ0) is 17.1. The van der Waals surface area contributed by atoms with E-state index in [2.05, 4.69) is 10.5 Å². The number of phenolic OH excluding ortho intramolecular Hbond substituents is 1. The Bertz CT molecular complexity index is 807. The van der Waals surface area contributed by atoms with E-state index in [1.54, 1.807) is 25.1 Å². The molecule has 1 amide bonds. The number of para-hydroxylation sites is 2.